The second kappa shape index (κ2) is 6.83. The van der Waals surface area contributed by atoms with Crippen molar-refractivity contribution in [2.45, 2.75) is 31.5 Å². The first kappa shape index (κ1) is 16.8. The minimum atomic E-state index is -0.581. The van der Waals surface area contributed by atoms with E-state index in [4.69, 9.17) is 22.1 Å². The van der Waals surface area contributed by atoms with Crippen LogP contribution in [-0.2, 0) is 20.9 Å². The Balaban J connectivity index is 1.69. The predicted octanol–water partition coefficient (Wildman–Crippen LogP) is 1.79. The molecule has 2 atom stereocenters. The van der Waals surface area contributed by atoms with Gasteiger partial charge in [0.05, 0.1) is 6.10 Å². The molecule has 1 aromatic heterocycles. The Morgan fingerprint density at radius 3 is 2.88 bits per heavy atom. The van der Waals surface area contributed by atoms with Crippen LogP contribution in [0.15, 0.2) is 30.5 Å². The highest BCUT2D eigenvalue weighted by Gasteiger charge is 2.38. The number of primary amides is 1. The largest absolute Gasteiger partial charge is 0.380 e. The number of nitrogens with zero attached hydrogens (tertiary/aromatic N) is 2. The maximum atomic E-state index is 12.5. The van der Waals surface area contributed by atoms with E-state index in [1.807, 2.05) is 35.0 Å². The van der Waals surface area contributed by atoms with Gasteiger partial charge in [-0.25, -0.2) is 0 Å². The van der Waals surface area contributed by atoms with E-state index in [0.717, 1.165) is 10.9 Å². The Morgan fingerprint density at radius 1 is 1.38 bits per heavy atom. The molecule has 1 saturated heterocycles. The first-order valence-corrected chi connectivity index (χ1v) is 8.23. The maximum Gasteiger partial charge on any atom is 0.240 e. The molecule has 7 heteroatoms. The molecular weight excluding hydrogens is 330 g/mol. The number of aromatic nitrogens is 1. The highest BCUT2D eigenvalue weighted by molar-refractivity contribution is 6.31. The van der Waals surface area contributed by atoms with Crippen molar-refractivity contribution in [1.29, 1.82) is 0 Å². The van der Waals surface area contributed by atoms with Gasteiger partial charge in [-0.3, -0.25) is 9.59 Å². The zero-order valence-corrected chi connectivity index (χ0v) is 14.2. The summed E-state index contributed by atoms with van der Waals surface area (Å²) in [5.41, 5.74) is 6.44. The summed E-state index contributed by atoms with van der Waals surface area (Å²) in [6, 6.07) is 7.04. The molecule has 0 spiro atoms. The summed E-state index contributed by atoms with van der Waals surface area (Å²) in [6.45, 7) is 0.939. The second-order valence-corrected chi connectivity index (χ2v) is 6.46. The predicted molar refractivity (Wildman–Crippen MR) is 91.7 cm³/mol. The smallest absolute Gasteiger partial charge is 0.240 e. The highest BCUT2D eigenvalue weighted by Crippen LogP contribution is 2.23. The first-order chi connectivity index (χ1) is 11.5. The quantitative estimate of drug-likeness (QED) is 0.893. The molecule has 24 heavy (non-hydrogen) atoms. The molecule has 0 radical (unpaired) electrons. The number of fused-ring (bicyclic) bond motifs is 1. The molecule has 128 valence electrons. The molecule has 0 bridgehead atoms. The fourth-order valence-corrected chi connectivity index (χ4v) is 3.42. The van der Waals surface area contributed by atoms with Crippen LogP contribution in [0.3, 0.4) is 0 Å². The number of hydrogen-bond donors (Lipinski definition) is 1. The summed E-state index contributed by atoms with van der Waals surface area (Å²) in [5.74, 6) is -0.571. The molecule has 0 unspecified atom stereocenters. The normalized spacial score (nSPS) is 20.7. The van der Waals surface area contributed by atoms with Crippen LogP contribution in [0.4, 0.5) is 0 Å². The molecule has 3 rings (SSSR count). The summed E-state index contributed by atoms with van der Waals surface area (Å²) >= 11 is 5.99. The van der Waals surface area contributed by atoms with Gasteiger partial charge in [0.25, 0.3) is 0 Å². The van der Waals surface area contributed by atoms with E-state index >= 15 is 0 Å². The molecule has 1 aliphatic rings. The SMILES string of the molecule is CO[C@H]1C[C@@H](C(N)=O)N(C(=O)CCn2ccc3cc(Cl)ccc32)C1. The van der Waals surface area contributed by atoms with Crippen LogP contribution in [0.2, 0.25) is 5.02 Å². The van der Waals surface area contributed by atoms with Crippen molar-refractivity contribution in [2.75, 3.05) is 13.7 Å². The third-order valence-electron chi connectivity index (χ3n) is 4.54. The van der Waals surface area contributed by atoms with Crippen LogP contribution in [0.5, 0.6) is 0 Å². The monoisotopic (exact) mass is 349 g/mol. The van der Waals surface area contributed by atoms with Crippen molar-refractivity contribution in [3.05, 3.63) is 35.5 Å². The molecule has 6 nitrogen and oxygen atoms in total. The zero-order chi connectivity index (χ0) is 17.3. The number of carbonyl (C=O) groups is 2. The van der Waals surface area contributed by atoms with E-state index in [2.05, 4.69) is 0 Å². The molecule has 2 heterocycles. The topological polar surface area (TPSA) is 77.6 Å². The lowest BCUT2D eigenvalue weighted by atomic mass is 10.2. The lowest BCUT2D eigenvalue weighted by Gasteiger charge is -2.22. The summed E-state index contributed by atoms with van der Waals surface area (Å²) in [5, 5.41) is 1.72. The van der Waals surface area contributed by atoms with E-state index in [9.17, 15) is 9.59 Å². The number of methoxy groups -OCH3 is 1. The maximum absolute atomic E-state index is 12.5. The van der Waals surface area contributed by atoms with Gasteiger partial charge in [-0.05, 0) is 24.3 Å². The molecule has 1 aromatic carbocycles. The number of carbonyl (C=O) groups excluding carboxylic acids is 2. The highest BCUT2D eigenvalue weighted by atomic mass is 35.5. The Hall–Kier alpha value is -2.05. The molecule has 2 aromatic rings. The summed E-state index contributed by atoms with van der Waals surface area (Å²) in [4.78, 5) is 25.6. The van der Waals surface area contributed by atoms with E-state index in [1.165, 1.54) is 0 Å². The number of benzene rings is 1. The van der Waals surface area contributed by atoms with Crippen LogP contribution < -0.4 is 5.73 Å². The van der Waals surface area contributed by atoms with Gasteiger partial charge < -0.3 is 19.9 Å². The number of halogens is 1. The van der Waals surface area contributed by atoms with Crippen molar-refractivity contribution >= 4 is 34.3 Å². The summed E-state index contributed by atoms with van der Waals surface area (Å²) in [6.07, 6.45) is 2.55. The average molecular weight is 350 g/mol. The van der Waals surface area contributed by atoms with E-state index in [-0.39, 0.29) is 12.0 Å². The lowest BCUT2D eigenvalue weighted by Crippen LogP contribution is -2.44. The van der Waals surface area contributed by atoms with Gasteiger partial charge in [-0.2, -0.15) is 0 Å². The van der Waals surface area contributed by atoms with E-state index in [1.54, 1.807) is 12.0 Å². The third-order valence-corrected chi connectivity index (χ3v) is 4.78. The van der Waals surface area contributed by atoms with Crippen LogP contribution >= 0.6 is 11.6 Å². The van der Waals surface area contributed by atoms with Gasteiger partial charge in [-0.15, -0.1) is 0 Å². The fourth-order valence-electron chi connectivity index (χ4n) is 3.24. The van der Waals surface area contributed by atoms with Gasteiger partial charge in [0.2, 0.25) is 11.8 Å². The number of amides is 2. The number of hydrogen-bond acceptors (Lipinski definition) is 3. The Bertz CT molecular complexity index is 774. The van der Waals surface area contributed by atoms with Gasteiger partial charge in [0, 0.05) is 55.2 Å². The Kier molecular flexibility index (Phi) is 4.78. The molecule has 1 aliphatic heterocycles. The number of ether oxygens (including phenoxy) is 1. The fraction of sp³-hybridized carbons (Fsp3) is 0.412. The molecule has 2 amide bonds. The minimum Gasteiger partial charge on any atom is -0.380 e. The molecule has 1 fully saturated rings. The van der Waals surface area contributed by atoms with Crippen molar-refractivity contribution in [3.8, 4) is 0 Å². The molecule has 0 aliphatic carbocycles. The lowest BCUT2D eigenvalue weighted by molar-refractivity contribution is -0.137. The van der Waals surface area contributed by atoms with Crippen LogP contribution in [0.25, 0.3) is 10.9 Å². The number of likely N-dealkylation sites (tertiary alicyclic amines) is 1. The summed E-state index contributed by atoms with van der Waals surface area (Å²) < 4.78 is 7.28. The average Bonchev–Trinajstić information content (AvgIpc) is 3.16. The number of nitrogens with two attached hydrogens (primary N) is 1. The van der Waals surface area contributed by atoms with Crippen molar-refractivity contribution in [3.63, 3.8) is 0 Å². The van der Waals surface area contributed by atoms with Crippen molar-refractivity contribution < 1.29 is 14.3 Å². The van der Waals surface area contributed by atoms with Crippen LogP contribution in [0, 0.1) is 0 Å². The van der Waals surface area contributed by atoms with Gasteiger partial charge in [-0.1, -0.05) is 11.6 Å². The Morgan fingerprint density at radius 2 is 2.17 bits per heavy atom. The van der Waals surface area contributed by atoms with Crippen molar-refractivity contribution in [1.82, 2.24) is 9.47 Å². The summed E-state index contributed by atoms with van der Waals surface area (Å²) in [7, 11) is 1.58. The van der Waals surface area contributed by atoms with Crippen LogP contribution in [-0.4, -0.2) is 47.1 Å². The van der Waals surface area contributed by atoms with Gasteiger partial charge in [0.1, 0.15) is 6.04 Å². The molecular formula is C17H20ClN3O3. The van der Waals surface area contributed by atoms with Gasteiger partial charge >= 0.3 is 0 Å². The van der Waals surface area contributed by atoms with Gasteiger partial charge in [0.15, 0.2) is 0 Å². The minimum absolute atomic E-state index is 0.0887. The second-order valence-electron chi connectivity index (χ2n) is 6.02. The van der Waals surface area contributed by atoms with E-state index in [0.29, 0.717) is 31.0 Å². The van der Waals surface area contributed by atoms with Crippen molar-refractivity contribution in [2.24, 2.45) is 5.73 Å². The molecule has 2 N–H and O–H groups in total. The molecule has 0 saturated carbocycles. The standard InChI is InChI=1S/C17H20ClN3O3/c1-24-13-9-15(17(19)23)21(10-13)16(22)5-7-20-6-4-11-8-12(18)2-3-14(11)20/h2-4,6,8,13,15H,5,7,9-10H2,1H3,(H2,19,23)/t13-,15-/m0/s1. The Labute approximate surface area is 145 Å². The zero-order valence-electron chi connectivity index (χ0n) is 13.4. The third kappa shape index (κ3) is 3.25. The number of rotatable bonds is 5. The van der Waals surface area contributed by atoms with E-state index < -0.39 is 11.9 Å². The van der Waals surface area contributed by atoms with Crippen LogP contribution in [0.1, 0.15) is 12.8 Å². The number of aryl methyl sites for hydroxylation is 1. The first-order valence-electron chi connectivity index (χ1n) is 7.85.